The Morgan fingerprint density at radius 3 is 2.47 bits per heavy atom. The molecule has 94 valence electrons. The van der Waals surface area contributed by atoms with Crippen molar-refractivity contribution in [3.05, 3.63) is 24.8 Å². The highest BCUT2D eigenvalue weighted by Gasteiger charge is 2.24. The van der Waals surface area contributed by atoms with E-state index in [0.717, 1.165) is 12.7 Å². The fraction of sp³-hybridized carbons (Fsp3) is 0.538. The third kappa shape index (κ3) is 3.26. The molecule has 0 unspecified atom stereocenters. The Labute approximate surface area is 130 Å². The van der Waals surface area contributed by atoms with Gasteiger partial charge in [0, 0.05) is 15.2 Å². The van der Waals surface area contributed by atoms with Crippen LogP contribution in [-0.4, -0.2) is 5.11 Å². The fourth-order valence-electron chi connectivity index (χ4n) is 2.59. The quantitative estimate of drug-likeness (QED) is 0.655. The van der Waals surface area contributed by atoms with Crippen LogP contribution in [0.2, 0.25) is 0 Å². The molecule has 1 aliphatic carbocycles. The number of aromatic hydroxyl groups is 1. The summed E-state index contributed by atoms with van der Waals surface area (Å²) >= 11 is 4.45. The van der Waals surface area contributed by atoms with Gasteiger partial charge in [-0.25, -0.2) is 0 Å². The normalized spacial score (nSPS) is 19.2. The summed E-state index contributed by atoms with van der Waals surface area (Å²) in [6, 6.07) is 3.99. The summed E-state index contributed by atoms with van der Waals surface area (Å²) in [4.78, 5) is 0. The van der Waals surface area contributed by atoms with E-state index in [0.29, 0.717) is 11.7 Å². The molecule has 0 spiro atoms. The zero-order valence-electron chi connectivity index (χ0n) is 9.63. The molecule has 2 rings (SSSR count). The molecule has 0 heterocycles. The van der Waals surface area contributed by atoms with E-state index in [1.807, 2.05) is 12.1 Å². The zero-order chi connectivity index (χ0) is 12.4. The van der Waals surface area contributed by atoms with E-state index in [1.165, 1.54) is 32.1 Å². The minimum absolute atomic E-state index is 0.0152. The molecule has 1 fully saturated rings. The second kappa shape index (κ2) is 6.06. The maximum Gasteiger partial charge on any atom is 0.133 e. The van der Waals surface area contributed by atoms with Gasteiger partial charge in [0.25, 0.3) is 0 Å². The topological polar surface area (TPSA) is 46.2 Å². The van der Waals surface area contributed by atoms with Crippen LogP contribution in [0.4, 0.5) is 0 Å². The Bertz CT molecular complexity index is 403. The highest BCUT2D eigenvalue weighted by molar-refractivity contribution is 14.1. The average molecular weight is 457 g/mol. The van der Waals surface area contributed by atoms with Crippen molar-refractivity contribution in [2.24, 2.45) is 11.7 Å². The van der Waals surface area contributed by atoms with Gasteiger partial charge >= 0.3 is 0 Å². The van der Waals surface area contributed by atoms with Crippen LogP contribution in [-0.2, 0) is 0 Å². The molecule has 0 saturated heterocycles. The highest BCUT2D eigenvalue weighted by Crippen LogP contribution is 2.38. The Morgan fingerprint density at radius 2 is 1.82 bits per heavy atom. The number of benzene rings is 1. The van der Waals surface area contributed by atoms with Crippen molar-refractivity contribution in [3.8, 4) is 5.75 Å². The van der Waals surface area contributed by atoms with E-state index < -0.39 is 0 Å². The smallest absolute Gasteiger partial charge is 0.133 e. The number of halogens is 2. The Kier molecular flexibility index (Phi) is 4.94. The predicted octanol–water partition coefficient (Wildman–Crippen LogP) is 4.18. The van der Waals surface area contributed by atoms with Crippen molar-refractivity contribution in [1.82, 2.24) is 0 Å². The molecule has 1 saturated carbocycles. The lowest BCUT2D eigenvalue weighted by atomic mass is 9.81. The molecule has 1 aromatic carbocycles. The fourth-order valence-corrected chi connectivity index (χ4v) is 4.48. The van der Waals surface area contributed by atoms with Gasteiger partial charge in [-0.15, -0.1) is 0 Å². The highest BCUT2D eigenvalue weighted by atomic mass is 127. The van der Waals surface area contributed by atoms with Gasteiger partial charge in [-0.3, -0.25) is 0 Å². The minimum atomic E-state index is -0.0152. The van der Waals surface area contributed by atoms with E-state index in [1.54, 1.807) is 0 Å². The Morgan fingerprint density at radius 1 is 1.18 bits per heavy atom. The number of phenols is 1. The molecule has 1 atom stereocenters. The van der Waals surface area contributed by atoms with E-state index in [-0.39, 0.29) is 6.04 Å². The summed E-state index contributed by atoms with van der Waals surface area (Å²) in [7, 11) is 0. The summed E-state index contributed by atoms with van der Waals surface area (Å²) in [6.45, 7) is 0. The predicted molar refractivity (Wildman–Crippen MR) is 87.0 cm³/mol. The van der Waals surface area contributed by atoms with E-state index >= 15 is 0 Å². The monoisotopic (exact) mass is 457 g/mol. The second-order valence-corrected chi connectivity index (χ2v) is 7.16. The van der Waals surface area contributed by atoms with Gasteiger partial charge in [0.2, 0.25) is 0 Å². The number of phenolic OH excluding ortho intramolecular Hbond substituents is 1. The van der Waals surface area contributed by atoms with Crippen LogP contribution in [0.1, 0.15) is 43.7 Å². The van der Waals surface area contributed by atoms with Crippen LogP contribution in [0.3, 0.4) is 0 Å². The van der Waals surface area contributed by atoms with Gasteiger partial charge in [0.1, 0.15) is 5.75 Å². The van der Waals surface area contributed by atoms with Crippen LogP contribution in [0.25, 0.3) is 0 Å². The van der Waals surface area contributed by atoms with Crippen LogP contribution >= 0.6 is 45.2 Å². The summed E-state index contributed by atoms with van der Waals surface area (Å²) in [5.74, 6) is 0.910. The number of nitrogens with two attached hydrogens (primary N) is 1. The lowest BCUT2D eigenvalue weighted by Crippen LogP contribution is -2.23. The molecule has 0 amide bonds. The minimum Gasteiger partial charge on any atom is -0.506 e. The third-order valence-corrected chi connectivity index (χ3v) is 5.02. The first-order chi connectivity index (χ1) is 8.09. The number of hydrogen-bond acceptors (Lipinski definition) is 2. The van der Waals surface area contributed by atoms with Crippen molar-refractivity contribution in [1.29, 1.82) is 0 Å². The molecule has 3 N–H and O–H groups in total. The molecule has 17 heavy (non-hydrogen) atoms. The maximum absolute atomic E-state index is 10.1. The second-order valence-electron chi connectivity index (χ2n) is 4.75. The summed E-state index contributed by atoms with van der Waals surface area (Å²) in [5, 5.41) is 10.1. The van der Waals surface area contributed by atoms with Crippen LogP contribution in [0.5, 0.6) is 5.75 Å². The van der Waals surface area contributed by atoms with Crippen LogP contribution in [0, 0.1) is 13.1 Å². The molecular weight excluding hydrogens is 440 g/mol. The molecule has 1 aromatic rings. The van der Waals surface area contributed by atoms with Gasteiger partial charge in [-0.2, -0.15) is 0 Å². The van der Waals surface area contributed by atoms with Crippen molar-refractivity contribution in [2.45, 2.75) is 38.1 Å². The maximum atomic E-state index is 10.1. The molecular formula is C13H17I2NO. The first-order valence-electron chi connectivity index (χ1n) is 6.03. The van der Waals surface area contributed by atoms with Crippen LogP contribution < -0.4 is 5.73 Å². The van der Waals surface area contributed by atoms with Gasteiger partial charge in [0.05, 0.1) is 3.57 Å². The molecule has 0 bridgehead atoms. The lowest BCUT2D eigenvalue weighted by Gasteiger charge is -2.28. The van der Waals surface area contributed by atoms with Crippen molar-refractivity contribution >= 4 is 45.2 Å². The van der Waals surface area contributed by atoms with Gasteiger partial charge in [-0.05, 0) is 76.1 Å². The van der Waals surface area contributed by atoms with E-state index in [4.69, 9.17) is 5.73 Å². The van der Waals surface area contributed by atoms with Crippen molar-refractivity contribution in [2.75, 3.05) is 0 Å². The first-order valence-corrected chi connectivity index (χ1v) is 8.19. The first kappa shape index (κ1) is 13.9. The molecule has 0 radical (unpaired) electrons. The SMILES string of the molecule is N[C@H](c1cc(I)cc(I)c1O)C1CCCCC1. The molecule has 4 heteroatoms. The summed E-state index contributed by atoms with van der Waals surface area (Å²) in [6.07, 6.45) is 6.28. The molecule has 2 nitrogen and oxygen atoms in total. The van der Waals surface area contributed by atoms with Crippen molar-refractivity contribution < 1.29 is 5.11 Å². The zero-order valence-corrected chi connectivity index (χ0v) is 13.9. The van der Waals surface area contributed by atoms with Crippen molar-refractivity contribution in [3.63, 3.8) is 0 Å². The van der Waals surface area contributed by atoms with Crippen LogP contribution in [0.15, 0.2) is 12.1 Å². The summed E-state index contributed by atoms with van der Waals surface area (Å²) < 4.78 is 2.04. The number of rotatable bonds is 2. The Balaban J connectivity index is 2.26. The molecule has 1 aliphatic rings. The van der Waals surface area contributed by atoms with Gasteiger partial charge < -0.3 is 10.8 Å². The Hall–Kier alpha value is 0.440. The third-order valence-electron chi connectivity index (χ3n) is 3.57. The van der Waals surface area contributed by atoms with Gasteiger partial charge in [-0.1, -0.05) is 19.3 Å². The van der Waals surface area contributed by atoms with E-state index in [9.17, 15) is 5.11 Å². The average Bonchev–Trinajstić information content (AvgIpc) is 2.34. The summed E-state index contributed by atoms with van der Waals surface area (Å²) in [5.41, 5.74) is 7.27. The van der Waals surface area contributed by atoms with Gasteiger partial charge in [0.15, 0.2) is 0 Å². The molecule has 0 aliphatic heterocycles. The standard InChI is InChI=1S/C13H17I2NO/c14-9-6-10(13(17)11(15)7-9)12(16)8-4-2-1-3-5-8/h6-8,12,17H,1-5,16H2/t12-/m0/s1. The molecule has 0 aromatic heterocycles. The lowest BCUT2D eigenvalue weighted by molar-refractivity contribution is 0.302. The number of hydrogen-bond donors (Lipinski definition) is 2. The van der Waals surface area contributed by atoms with E-state index in [2.05, 4.69) is 45.2 Å². The largest absolute Gasteiger partial charge is 0.506 e.